The molecule has 1 aliphatic carbocycles. The van der Waals surface area contributed by atoms with Gasteiger partial charge in [-0.15, -0.1) is 0 Å². The first-order chi connectivity index (χ1) is 10.1. The minimum absolute atomic E-state index is 0.0876. The average Bonchev–Trinajstić information content (AvgIpc) is 3.20. The van der Waals surface area contributed by atoms with Crippen LogP contribution in [0, 0.1) is 5.92 Å². The molecule has 2 heterocycles. The van der Waals surface area contributed by atoms with Gasteiger partial charge in [-0.1, -0.05) is 6.92 Å². The van der Waals surface area contributed by atoms with E-state index in [2.05, 4.69) is 12.2 Å². The van der Waals surface area contributed by atoms with Crippen LogP contribution in [0.3, 0.4) is 0 Å². The zero-order chi connectivity index (χ0) is 14.9. The second kappa shape index (κ2) is 6.10. The van der Waals surface area contributed by atoms with Crippen molar-refractivity contribution >= 4 is 10.0 Å². The zero-order valence-electron chi connectivity index (χ0n) is 12.5. The molecule has 2 fully saturated rings. The minimum Gasteiger partial charge on any atom is -0.447 e. The van der Waals surface area contributed by atoms with Crippen LogP contribution in [0.2, 0.25) is 0 Å². The van der Waals surface area contributed by atoms with Crippen molar-refractivity contribution in [3.8, 4) is 0 Å². The Morgan fingerprint density at radius 2 is 2.05 bits per heavy atom. The van der Waals surface area contributed by atoms with Gasteiger partial charge in [0.2, 0.25) is 5.09 Å². The highest BCUT2D eigenvalue weighted by Gasteiger charge is 2.29. The third-order valence-electron chi connectivity index (χ3n) is 4.35. The van der Waals surface area contributed by atoms with Gasteiger partial charge in [0.15, 0.2) is 0 Å². The predicted molar refractivity (Wildman–Crippen MR) is 80.3 cm³/mol. The first-order valence-electron chi connectivity index (χ1n) is 7.88. The quantitative estimate of drug-likeness (QED) is 0.906. The van der Waals surface area contributed by atoms with E-state index in [1.165, 1.54) is 12.8 Å². The summed E-state index contributed by atoms with van der Waals surface area (Å²) >= 11 is 0. The molecule has 0 spiro atoms. The standard InChI is InChI=1S/C15H24N2O3S/c1-12-3-2-9-17(10-8-12)21(18,19)15-7-6-14(20-15)11-16-13-4-5-13/h6-7,12-13,16H,2-5,8-11H2,1H3. The summed E-state index contributed by atoms with van der Waals surface area (Å²) in [5.41, 5.74) is 0. The molecule has 1 saturated heterocycles. The lowest BCUT2D eigenvalue weighted by Crippen LogP contribution is -2.31. The Morgan fingerprint density at radius 3 is 2.81 bits per heavy atom. The molecule has 1 saturated carbocycles. The maximum atomic E-state index is 12.6. The van der Waals surface area contributed by atoms with Crippen molar-refractivity contribution < 1.29 is 12.8 Å². The van der Waals surface area contributed by atoms with Crippen molar-refractivity contribution in [1.82, 2.24) is 9.62 Å². The van der Waals surface area contributed by atoms with Gasteiger partial charge in [-0.25, -0.2) is 8.42 Å². The molecule has 6 heteroatoms. The van der Waals surface area contributed by atoms with E-state index in [1.807, 2.05) is 0 Å². The molecule has 2 aliphatic rings. The first-order valence-corrected chi connectivity index (χ1v) is 9.32. The third-order valence-corrected chi connectivity index (χ3v) is 6.12. The second-order valence-electron chi connectivity index (χ2n) is 6.32. The van der Waals surface area contributed by atoms with Gasteiger partial charge < -0.3 is 9.73 Å². The van der Waals surface area contributed by atoms with E-state index in [0.717, 1.165) is 19.3 Å². The van der Waals surface area contributed by atoms with Crippen LogP contribution in [-0.2, 0) is 16.6 Å². The van der Waals surface area contributed by atoms with Crippen LogP contribution in [0.4, 0.5) is 0 Å². The summed E-state index contributed by atoms with van der Waals surface area (Å²) in [4.78, 5) is 0. The van der Waals surface area contributed by atoms with Crippen molar-refractivity contribution in [3.63, 3.8) is 0 Å². The fourth-order valence-corrected chi connectivity index (χ4v) is 4.15. The van der Waals surface area contributed by atoms with Crippen LogP contribution in [-0.4, -0.2) is 31.9 Å². The molecule has 118 valence electrons. The maximum absolute atomic E-state index is 12.6. The number of hydrogen-bond donors (Lipinski definition) is 1. The molecule has 5 nitrogen and oxygen atoms in total. The van der Waals surface area contributed by atoms with E-state index in [9.17, 15) is 8.42 Å². The van der Waals surface area contributed by atoms with Crippen molar-refractivity contribution in [1.29, 1.82) is 0 Å². The molecule has 1 aromatic rings. The van der Waals surface area contributed by atoms with Gasteiger partial charge in [-0.3, -0.25) is 0 Å². The van der Waals surface area contributed by atoms with Gasteiger partial charge in [-0.05, 0) is 50.2 Å². The Bertz CT molecular complexity index is 577. The van der Waals surface area contributed by atoms with Crippen molar-refractivity contribution in [2.45, 2.75) is 56.7 Å². The first kappa shape index (κ1) is 15.1. The van der Waals surface area contributed by atoms with E-state index >= 15 is 0 Å². The number of furan rings is 1. The Morgan fingerprint density at radius 1 is 1.24 bits per heavy atom. The summed E-state index contributed by atoms with van der Waals surface area (Å²) in [6, 6.07) is 3.94. The Hall–Kier alpha value is -0.850. The highest BCUT2D eigenvalue weighted by atomic mass is 32.2. The molecule has 21 heavy (non-hydrogen) atoms. The van der Waals surface area contributed by atoms with Gasteiger partial charge in [-0.2, -0.15) is 4.31 Å². The number of nitrogens with one attached hydrogen (secondary N) is 1. The molecular weight excluding hydrogens is 288 g/mol. The van der Waals surface area contributed by atoms with Crippen molar-refractivity contribution in [3.05, 3.63) is 17.9 Å². The second-order valence-corrected chi connectivity index (χ2v) is 8.18. The van der Waals surface area contributed by atoms with E-state index in [1.54, 1.807) is 16.4 Å². The third kappa shape index (κ3) is 3.67. The molecule has 0 bridgehead atoms. The lowest BCUT2D eigenvalue weighted by atomic mass is 10.0. The smallest absolute Gasteiger partial charge is 0.276 e. The predicted octanol–water partition coefficient (Wildman–Crippen LogP) is 2.34. The van der Waals surface area contributed by atoms with Crippen LogP contribution in [0.15, 0.2) is 21.6 Å². The Kier molecular flexibility index (Phi) is 4.38. The Labute approximate surface area is 126 Å². The fraction of sp³-hybridized carbons (Fsp3) is 0.733. The van der Waals surface area contributed by atoms with Gasteiger partial charge in [0.05, 0.1) is 6.54 Å². The molecule has 1 unspecified atom stereocenters. The van der Waals surface area contributed by atoms with Crippen LogP contribution in [0.1, 0.15) is 44.8 Å². The van der Waals surface area contributed by atoms with Crippen LogP contribution >= 0.6 is 0 Å². The number of rotatable bonds is 5. The summed E-state index contributed by atoms with van der Waals surface area (Å²) in [7, 11) is -3.47. The molecule has 1 aliphatic heterocycles. The average molecular weight is 312 g/mol. The number of nitrogens with zero attached hydrogens (tertiary/aromatic N) is 1. The maximum Gasteiger partial charge on any atom is 0.276 e. The van der Waals surface area contributed by atoms with Crippen LogP contribution in [0.25, 0.3) is 0 Å². The molecule has 0 radical (unpaired) electrons. The van der Waals surface area contributed by atoms with Gasteiger partial charge in [0.1, 0.15) is 5.76 Å². The summed E-state index contributed by atoms with van der Waals surface area (Å²) in [6.07, 6.45) is 5.36. The molecule has 0 amide bonds. The molecule has 1 N–H and O–H groups in total. The SMILES string of the molecule is CC1CCCN(S(=O)(=O)c2ccc(CNC3CC3)o2)CC1. The Balaban J connectivity index is 1.68. The van der Waals surface area contributed by atoms with Crippen molar-refractivity contribution in [2.75, 3.05) is 13.1 Å². The lowest BCUT2D eigenvalue weighted by molar-refractivity contribution is 0.365. The summed E-state index contributed by atoms with van der Waals surface area (Å²) in [5.74, 6) is 1.30. The van der Waals surface area contributed by atoms with E-state index < -0.39 is 10.0 Å². The van der Waals surface area contributed by atoms with Gasteiger partial charge >= 0.3 is 0 Å². The molecule has 0 aromatic carbocycles. The van der Waals surface area contributed by atoms with Crippen LogP contribution < -0.4 is 5.32 Å². The summed E-state index contributed by atoms with van der Waals surface area (Å²) in [6.45, 7) is 3.99. The summed E-state index contributed by atoms with van der Waals surface area (Å²) in [5, 5.41) is 3.42. The number of sulfonamides is 1. The summed E-state index contributed by atoms with van der Waals surface area (Å²) < 4.78 is 32.4. The zero-order valence-corrected chi connectivity index (χ0v) is 13.4. The number of hydrogen-bond acceptors (Lipinski definition) is 4. The van der Waals surface area contributed by atoms with E-state index in [0.29, 0.717) is 37.4 Å². The molecule has 1 aromatic heterocycles. The molecule has 3 rings (SSSR count). The van der Waals surface area contributed by atoms with Crippen LogP contribution in [0.5, 0.6) is 0 Å². The fourth-order valence-electron chi connectivity index (χ4n) is 2.73. The molecule has 1 atom stereocenters. The minimum atomic E-state index is -3.47. The highest BCUT2D eigenvalue weighted by Crippen LogP contribution is 2.25. The molecular formula is C15H24N2O3S. The van der Waals surface area contributed by atoms with Crippen molar-refractivity contribution in [2.24, 2.45) is 5.92 Å². The topological polar surface area (TPSA) is 62.6 Å². The monoisotopic (exact) mass is 312 g/mol. The van der Waals surface area contributed by atoms with E-state index in [-0.39, 0.29) is 5.09 Å². The highest BCUT2D eigenvalue weighted by molar-refractivity contribution is 7.89. The van der Waals surface area contributed by atoms with E-state index in [4.69, 9.17) is 4.42 Å². The largest absolute Gasteiger partial charge is 0.447 e. The normalized spacial score (nSPS) is 24.9. The van der Waals surface area contributed by atoms with Gasteiger partial charge in [0.25, 0.3) is 10.0 Å². The van der Waals surface area contributed by atoms with Gasteiger partial charge in [0, 0.05) is 19.1 Å². The lowest BCUT2D eigenvalue weighted by Gasteiger charge is -2.18.